The Morgan fingerprint density at radius 3 is 2.36 bits per heavy atom. The molecule has 0 saturated heterocycles. The second-order valence-corrected chi connectivity index (χ2v) is 7.52. The Balaban J connectivity index is 1.54. The monoisotopic (exact) mass is 433 g/mol. The van der Waals surface area contributed by atoms with Gasteiger partial charge in [0, 0.05) is 16.7 Å². The van der Waals surface area contributed by atoms with E-state index in [9.17, 15) is 9.59 Å². The molecule has 0 aliphatic carbocycles. The molecule has 160 valence electrons. The Morgan fingerprint density at radius 1 is 0.879 bits per heavy atom. The van der Waals surface area contributed by atoms with Crippen molar-refractivity contribution in [2.75, 3.05) is 0 Å². The minimum atomic E-state index is -0.262. The molecule has 0 aliphatic heterocycles. The average Bonchev–Trinajstić information content (AvgIpc) is 3.33. The molecule has 6 nitrogen and oxygen atoms in total. The molecule has 0 spiro atoms. The third-order valence-corrected chi connectivity index (χ3v) is 5.29. The number of aromatic nitrogens is 2. The standard InChI is InChI=1S/C27H19N3O3/c1-18(31)19-11-13-20(14-12-19)25-16-15-22(33-25)17-28-30-26(21-7-3-2-4-8-21)29-24-10-6-5-9-23(24)27(30)32/h2-17H,1H3. The van der Waals surface area contributed by atoms with E-state index in [1.54, 1.807) is 30.3 Å². The van der Waals surface area contributed by atoms with Crippen LogP contribution in [0.4, 0.5) is 0 Å². The van der Waals surface area contributed by atoms with Gasteiger partial charge in [-0.1, -0.05) is 66.7 Å². The summed E-state index contributed by atoms with van der Waals surface area (Å²) in [6, 6.07) is 27.5. The minimum absolute atomic E-state index is 0.0115. The number of carbonyl (C=O) groups excluding carboxylic acids is 1. The lowest BCUT2D eigenvalue weighted by atomic mass is 10.1. The Kier molecular flexibility index (Phi) is 5.24. The summed E-state index contributed by atoms with van der Waals surface area (Å²) in [4.78, 5) is 29.4. The van der Waals surface area contributed by atoms with Gasteiger partial charge in [-0.05, 0) is 31.2 Å². The largest absolute Gasteiger partial charge is 0.455 e. The Morgan fingerprint density at radius 2 is 1.61 bits per heavy atom. The SMILES string of the molecule is CC(=O)c1ccc(-c2ccc(C=Nn3c(-c4ccccc4)nc4ccccc4c3=O)o2)cc1. The fraction of sp³-hybridized carbons (Fsp3) is 0.0370. The molecule has 0 fully saturated rings. The lowest BCUT2D eigenvalue weighted by Crippen LogP contribution is -2.20. The fourth-order valence-electron chi connectivity index (χ4n) is 3.57. The quantitative estimate of drug-likeness (QED) is 0.274. The van der Waals surface area contributed by atoms with Gasteiger partial charge in [0.05, 0.1) is 17.1 Å². The van der Waals surface area contributed by atoms with E-state index >= 15 is 0 Å². The molecule has 0 bridgehead atoms. The van der Waals surface area contributed by atoms with Crippen molar-refractivity contribution < 1.29 is 9.21 Å². The number of furan rings is 1. The van der Waals surface area contributed by atoms with Crippen molar-refractivity contribution in [3.8, 4) is 22.7 Å². The molecular formula is C27H19N3O3. The van der Waals surface area contributed by atoms with E-state index in [1.807, 2.05) is 60.7 Å². The summed E-state index contributed by atoms with van der Waals surface area (Å²) < 4.78 is 7.19. The number of nitrogens with zero attached hydrogens (tertiary/aromatic N) is 3. The molecule has 2 heterocycles. The molecule has 0 atom stereocenters. The first kappa shape index (κ1) is 20.3. The molecule has 0 amide bonds. The number of ketones is 1. The number of carbonyl (C=O) groups is 1. The predicted molar refractivity (Wildman–Crippen MR) is 129 cm³/mol. The highest BCUT2D eigenvalue weighted by Gasteiger charge is 2.12. The molecule has 6 heteroatoms. The van der Waals surface area contributed by atoms with Crippen molar-refractivity contribution in [1.82, 2.24) is 9.66 Å². The molecule has 0 aliphatic rings. The van der Waals surface area contributed by atoms with Gasteiger partial charge < -0.3 is 4.42 Å². The van der Waals surface area contributed by atoms with Crippen LogP contribution in [0, 0.1) is 0 Å². The molecule has 0 unspecified atom stereocenters. The number of Topliss-reactive ketones (excluding diaryl/α,β-unsaturated/α-hetero) is 1. The molecule has 0 N–H and O–H groups in total. The Bertz CT molecular complexity index is 1550. The minimum Gasteiger partial charge on any atom is -0.455 e. The Labute approximate surface area is 189 Å². The zero-order valence-electron chi connectivity index (χ0n) is 17.8. The van der Waals surface area contributed by atoms with Crippen LogP contribution in [0.2, 0.25) is 0 Å². The van der Waals surface area contributed by atoms with Gasteiger partial charge in [-0.25, -0.2) is 4.98 Å². The highest BCUT2D eigenvalue weighted by atomic mass is 16.3. The number of hydrogen-bond acceptors (Lipinski definition) is 5. The van der Waals surface area contributed by atoms with Gasteiger partial charge in [0.25, 0.3) is 5.56 Å². The van der Waals surface area contributed by atoms with Crippen LogP contribution in [0.1, 0.15) is 23.0 Å². The predicted octanol–water partition coefficient (Wildman–Crippen LogP) is 5.41. The van der Waals surface area contributed by atoms with Crippen LogP contribution in [0.3, 0.4) is 0 Å². The normalized spacial score (nSPS) is 11.3. The number of para-hydroxylation sites is 1. The maximum Gasteiger partial charge on any atom is 0.282 e. The van der Waals surface area contributed by atoms with Gasteiger partial charge in [-0.15, -0.1) is 0 Å². The molecule has 0 saturated carbocycles. The highest BCUT2D eigenvalue weighted by molar-refractivity contribution is 5.94. The van der Waals surface area contributed by atoms with Crippen molar-refractivity contribution in [2.24, 2.45) is 5.10 Å². The highest BCUT2D eigenvalue weighted by Crippen LogP contribution is 2.23. The van der Waals surface area contributed by atoms with Gasteiger partial charge in [0.2, 0.25) is 0 Å². The van der Waals surface area contributed by atoms with E-state index in [4.69, 9.17) is 4.42 Å². The van der Waals surface area contributed by atoms with E-state index < -0.39 is 0 Å². The fourth-order valence-corrected chi connectivity index (χ4v) is 3.57. The molecule has 5 aromatic rings. The van der Waals surface area contributed by atoms with Crippen LogP contribution < -0.4 is 5.56 Å². The van der Waals surface area contributed by atoms with Crippen LogP contribution >= 0.6 is 0 Å². The van der Waals surface area contributed by atoms with Crippen LogP contribution in [0.15, 0.2) is 105 Å². The molecule has 33 heavy (non-hydrogen) atoms. The maximum absolute atomic E-state index is 13.2. The summed E-state index contributed by atoms with van der Waals surface area (Å²) in [6.07, 6.45) is 1.50. The van der Waals surface area contributed by atoms with Gasteiger partial charge >= 0.3 is 0 Å². The van der Waals surface area contributed by atoms with Crippen molar-refractivity contribution in [1.29, 1.82) is 0 Å². The topological polar surface area (TPSA) is 77.5 Å². The van der Waals surface area contributed by atoms with Crippen molar-refractivity contribution in [2.45, 2.75) is 6.92 Å². The van der Waals surface area contributed by atoms with Gasteiger partial charge in [0.1, 0.15) is 11.5 Å². The summed E-state index contributed by atoms with van der Waals surface area (Å²) in [5, 5.41) is 4.91. The van der Waals surface area contributed by atoms with E-state index in [2.05, 4.69) is 10.1 Å². The van der Waals surface area contributed by atoms with Gasteiger partial charge in [-0.3, -0.25) is 9.59 Å². The molecular weight excluding hydrogens is 414 g/mol. The Hall–Kier alpha value is -4.58. The second kappa shape index (κ2) is 8.51. The first-order valence-electron chi connectivity index (χ1n) is 10.4. The lowest BCUT2D eigenvalue weighted by Gasteiger charge is -2.09. The summed E-state index contributed by atoms with van der Waals surface area (Å²) >= 11 is 0. The number of fused-ring (bicyclic) bond motifs is 1. The number of hydrogen-bond donors (Lipinski definition) is 0. The first-order valence-corrected chi connectivity index (χ1v) is 10.4. The molecule has 5 rings (SSSR count). The average molecular weight is 433 g/mol. The third-order valence-electron chi connectivity index (χ3n) is 5.29. The first-order chi connectivity index (χ1) is 16.1. The van der Waals surface area contributed by atoms with E-state index in [1.165, 1.54) is 17.8 Å². The lowest BCUT2D eigenvalue weighted by molar-refractivity contribution is 0.101. The van der Waals surface area contributed by atoms with Crippen LogP contribution in [-0.2, 0) is 0 Å². The van der Waals surface area contributed by atoms with Gasteiger partial charge in [-0.2, -0.15) is 9.78 Å². The molecule has 3 aromatic carbocycles. The van der Waals surface area contributed by atoms with Crippen molar-refractivity contribution >= 4 is 22.9 Å². The van der Waals surface area contributed by atoms with E-state index in [-0.39, 0.29) is 11.3 Å². The van der Waals surface area contributed by atoms with Crippen molar-refractivity contribution in [3.63, 3.8) is 0 Å². The second-order valence-electron chi connectivity index (χ2n) is 7.52. The number of rotatable bonds is 5. The zero-order chi connectivity index (χ0) is 22.8. The molecule has 0 radical (unpaired) electrons. The van der Waals surface area contributed by atoms with Crippen LogP contribution in [0.5, 0.6) is 0 Å². The smallest absolute Gasteiger partial charge is 0.282 e. The third kappa shape index (κ3) is 4.02. The van der Waals surface area contributed by atoms with Crippen molar-refractivity contribution in [3.05, 3.63) is 113 Å². The van der Waals surface area contributed by atoms with Gasteiger partial charge in [0.15, 0.2) is 11.6 Å². The summed E-state index contributed by atoms with van der Waals surface area (Å²) in [5.74, 6) is 1.58. The van der Waals surface area contributed by atoms with Crippen LogP contribution in [-0.4, -0.2) is 21.7 Å². The molecule has 2 aromatic heterocycles. The summed E-state index contributed by atoms with van der Waals surface area (Å²) in [6.45, 7) is 1.53. The zero-order valence-corrected chi connectivity index (χ0v) is 17.8. The number of benzene rings is 3. The summed E-state index contributed by atoms with van der Waals surface area (Å²) in [5.41, 5.74) is 2.62. The van der Waals surface area contributed by atoms with E-state index in [0.29, 0.717) is 33.8 Å². The maximum atomic E-state index is 13.2. The summed E-state index contributed by atoms with van der Waals surface area (Å²) in [7, 11) is 0. The van der Waals surface area contributed by atoms with Crippen LogP contribution in [0.25, 0.3) is 33.6 Å². The van der Waals surface area contributed by atoms with E-state index in [0.717, 1.165) is 11.1 Å².